The molecule has 2 aromatic carbocycles. The lowest BCUT2D eigenvalue weighted by Crippen LogP contribution is -2.71. The van der Waals surface area contributed by atoms with Crippen molar-refractivity contribution in [3.05, 3.63) is 77.4 Å². The van der Waals surface area contributed by atoms with Gasteiger partial charge in [0.1, 0.15) is 17.9 Å². The number of nitrogens with one attached hydrogen (secondary N) is 1. The molecule has 282 valence electrons. The summed E-state index contributed by atoms with van der Waals surface area (Å²) in [7, 11) is 0. The highest BCUT2D eigenvalue weighted by Gasteiger charge is 2.73. The molecule has 18 heteroatoms. The van der Waals surface area contributed by atoms with E-state index in [1.165, 1.54) is 24.4 Å². The highest BCUT2D eigenvalue weighted by atomic mass is 19.4. The first-order valence-electron chi connectivity index (χ1n) is 16.9. The lowest BCUT2D eigenvalue weighted by Gasteiger charge is -2.54. The number of ether oxygens (including phenoxy) is 1. The van der Waals surface area contributed by atoms with Gasteiger partial charge in [0.05, 0.1) is 31.9 Å². The van der Waals surface area contributed by atoms with E-state index >= 15 is 8.78 Å². The Morgan fingerprint density at radius 2 is 1.66 bits per heavy atom. The number of hydrogen-bond donors (Lipinski definition) is 1. The number of likely N-dealkylation sites (tertiary alicyclic amines) is 1. The maximum absolute atomic E-state index is 15.7. The van der Waals surface area contributed by atoms with E-state index in [4.69, 9.17) is 4.74 Å². The second-order valence-corrected chi connectivity index (χ2v) is 14.7. The van der Waals surface area contributed by atoms with Gasteiger partial charge in [-0.15, -0.1) is 0 Å². The first-order chi connectivity index (χ1) is 24.9. The van der Waals surface area contributed by atoms with Gasteiger partial charge in [-0.1, -0.05) is 24.3 Å². The van der Waals surface area contributed by atoms with Crippen LogP contribution >= 0.6 is 0 Å². The predicted molar refractivity (Wildman–Crippen MR) is 168 cm³/mol. The third-order valence-electron chi connectivity index (χ3n) is 11.1. The van der Waals surface area contributed by atoms with E-state index in [1.54, 1.807) is 10.9 Å². The van der Waals surface area contributed by atoms with Crippen molar-refractivity contribution in [2.45, 2.75) is 67.5 Å². The molecule has 3 aliphatic heterocycles. The topological polar surface area (TPSA) is 100 Å². The Kier molecular flexibility index (Phi) is 8.00. The summed E-state index contributed by atoms with van der Waals surface area (Å²) in [5.74, 6) is -10.7. The number of imide groups is 1. The predicted octanol–water partition coefficient (Wildman–Crippen LogP) is 5.02. The minimum absolute atomic E-state index is 0.0489. The zero-order valence-electron chi connectivity index (χ0n) is 27.8. The van der Waals surface area contributed by atoms with Crippen molar-refractivity contribution in [3.63, 3.8) is 0 Å². The van der Waals surface area contributed by atoms with Crippen molar-refractivity contribution in [2.75, 3.05) is 32.8 Å². The molecule has 0 unspecified atom stereocenters. The zero-order chi connectivity index (χ0) is 37.7. The van der Waals surface area contributed by atoms with Crippen LogP contribution in [0.15, 0.2) is 54.9 Å². The molecular weight excluding hydrogens is 720 g/mol. The highest BCUT2D eigenvalue weighted by Crippen LogP contribution is 2.58. The molecule has 1 spiro atoms. The van der Waals surface area contributed by atoms with E-state index in [-0.39, 0.29) is 20.9 Å². The van der Waals surface area contributed by atoms with Crippen LogP contribution in [-0.2, 0) is 38.9 Å². The number of aromatic nitrogens is 2. The maximum atomic E-state index is 15.7. The number of hydrogen-bond acceptors (Lipinski definition) is 6. The summed E-state index contributed by atoms with van der Waals surface area (Å²) in [6.45, 7) is 1.57. The minimum Gasteiger partial charge on any atom is -0.378 e. The van der Waals surface area contributed by atoms with Gasteiger partial charge < -0.3 is 15.0 Å². The number of amides is 4. The van der Waals surface area contributed by atoms with Gasteiger partial charge in [-0.05, 0) is 34.9 Å². The Hall–Kier alpha value is -4.58. The standard InChI is InChI=1S/C35H32F8N6O4/c36-24-4-1-20(2-5-24)12-49(31(35(41,42)43)17-32(37,38)18-31)28(50)14-48-29(51)33(45-30(48)52)19-34(39,40)27-7-22(3-6-26(27)33)23-8-44-47(13-23)11-21-9-46(10-21)25-15-53-16-25/h1-8,13,21,25H,9-12,14-19H2,(H,45,52)/t33-/m0/s1. The second kappa shape index (κ2) is 12.0. The molecular formula is C35H32F8N6O4. The molecule has 2 aliphatic carbocycles. The zero-order valence-corrected chi connectivity index (χ0v) is 27.8. The fourth-order valence-corrected chi connectivity index (χ4v) is 8.15. The quantitative estimate of drug-likeness (QED) is 0.244. The highest BCUT2D eigenvalue weighted by molar-refractivity contribution is 6.10. The molecule has 4 amide bonds. The molecule has 1 atom stereocenters. The Morgan fingerprint density at radius 3 is 2.28 bits per heavy atom. The summed E-state index contributed by atoms with van der Waals surface area (Å²) < 4.78 is 124. The van der Waals surface area contributed by atoms with Crippen molar-refractivity contribution in [2.24, 2.45) is 5.92 Å². The van der Waals surface area contributed by atoms with Gasteiger partial charge in [0.2, 0.25) is 5.91 Å². The maximum Gasteiger partial charge on any atom is 0.412 e. The van der Waals surface area contributed by atoms with Gasteiger partial charge in [0, 0.05) is 62.3 Å². The van der Waals surface area contributed by atoms with Gasteiger partial charge in [0.25, 0.3) is 17.8 Å². The molecule has 0 bridgehead atoms. The number of nitrogens with zero attached hydrogens (tertiary/aromatic N) is 5. The molecule has 8 rings (SSSR count). The second-order valence-electron chi connectivity index (χ2n) is 14.7. The molecule has 1 saturated carbocycles. The van der Waals surface area contributed by atoms with Crippen LogP contribution < -0.4 is 5.32 Å². The van der Waals surface area contributed by atoms with Crippen molar-refractivity contribution >= 4 is 17.8 Å². The first-order valence-corrected chi connectivity index (χ1v) is 16.9. The third-order valence-corrected chi connectivity index (χ3v) is 11.1. The molecule has 1 N–H and O–H groups in total. The van der Waals surface area contributed by atoms with Gasteiger partial charge in [-0.3, -0.25) is 24.1 Å². The normalized spacial score (nSPS) is 24.8. The number of halogens is 8. The van der Waals surface area contributed by atoms with Gasteiger partial charge in [-0.2, -0.15) is 18.3 Å². The molecule has 53 heavy (non-hydrogen) atoms. The van der Waals surface area contributed by atoms with E-state index < -0.39 is 90.7 Å². The van der Waals surface area contributed by atoms with E-state index in [2.05, 4.69) is 15.3 Å². The number of carbonyl (C=O) groups is 3. The van der Waals surface area contributed by atoms with Crippen molar-refractivity contribution in [1.82, 2.24) is 29.8 Å². The van der Waals surface area contributed by atoms with Crippen LogP contribution in [0.4, 0.5) is 39.9 Å². The Morgan fingerprint density at radius 1 is 0.962 bits per heavy atom. The van der Waals surface area contributed by atoms with Crippen LogP contribution in [0.3, 0.4) is 0 Å². The van der Waals surface area contributed by atoms with Crippen LogP contribution in [0.1, 0.15) is 36.0 Å². The van der Waals surface area contributed by atoms with Crippen LogP contribution in [0, 0.1) is 11.7 Å². The number of fused-ring (bicyclic) bond motifs is 2. The molecule has 3 saturated heterocycles. The number of benzene rings is 2. The van der Waals surface area contributed by atoms with Crippen molar-refractivity contribution in [3.8, 4) is 11.1 Å². The molecule has 0 radical (unpaired) electrons. The number of alkyl halides is 7. The van der Waals surface area contributed by atoms with Crippen LogP contribution in [-0.4, -0.2) is 98.9 Å². The van der Waals surface area contributed by atoms with E-state index in [0.29, 0.717) is 29.6 Å². The Balaban J connectivity index is 1.03. The first kappa shape index (κ1) is 35.4. The largest absolute Gasteiger partial charge is 0.412 e. The summed E-state index contributed by atoms with van der Waals surface area (Å²) in [6, 6.07) is 6.96. The number of carbonyl (C=O) groups excluding carboxylic acids is 3. The van der Waals surface area contributed by atoms with Crippen LogP contribution in [0.25, 0.3) is 11.1 Å². The Bertz CT molecular complexity index is 1970. The third kappa shape index (κ3) is 5.84. The summed E-state index contributed by atoms with van der Waals surface area (Å²) in [5, 5.41) is 6.62. The number of rotatable bonds is 9. The molecule has 3 aromatic rings. The van der Waals surface area contributed by atoms with E-state index in [0.717, 1.165) is 50.6 Å². The van der Waals surface area contributed by atoms with E-state index in [1.807, 2.05) is 0 Å². The van der Waals surface area contributed by atoms with Crippen molar-refractivity contribution in [1.29, 1.82) is 0 Å². The SMILES string of the molecule is O=C1N[C@]2(CC(F)(F)c3cc(-c4cnn(CC5CN(C6COC6)C5)c4)ccc32)C(=O)N1CC(=O)N(Cc1ccc(F)cc1)C1(C(F)(F)F)CC(F)(F)C1. The van der Waals surface area contributed by atoms with Crippen molar-refractivity contribution < 1.29 is 54.2 Å². The molecule has 1 aromatic heterocycles. The summed E-state index contributed by atoms with van der Waals surface area (Å²) in [6.07, 6.45) is -6.91. The van der Waals surface area contributed by atoms with Crippen LogP contribution in [0.2, 0.25) is 0 Å². The fraction of sp³-hybridized carbons (Fsp3) is 0.486. The average Bonchev–Trinajstić information content (AvgIpc) is 3.65. The van der Waals surface area contributed by atoms with Gasteiger partial charge in [0.15, 0.2) is 5.54 Å². The average molecular weight is 753 g/mol. The molecule has 5 aliphatic rings. The lowest BCUT2D eigenvalue weighted by molar-refractivity contribution is -0.307. The van der Waals surface area contributed by atoms with Gasteiger partial charge in [-0.25, -0.2) is 26.7 Å². The fourth-order valence-electron chi connectivity index (χ4n) is 8.15. The van der Waals surface area contributed by atoms with Gasteiger partial charge >= 0.3 is 12.2 Å². The summed E-state index contributed by atoms with van der Waals surface area (Å²) in [5.41, 5.74) is -5.70. The monoisotopic (exact) mass is 752 g/mol. The molecule has 4 heterocycles. The smallest absolute Gasteiger partial charge is 0.378 e. The molecule has 10 nitrogen and oxygen atoms in total. The lowest BCUT2D eigenvalue weighted by atomic mass is 9.71. The van der Waals surface area contributed by atoms with Crippen LogP contribution in [0.5, 0.6) is 0 Å². The summed E-state index contributed by atoms with van der Waals surface area (Å²) >= 11 is 0. The molecule has 4 fully saturated rings. The van der Waals surface area contributed by atoms with E-state index in [9.17, 15) is 40.7 Å². The minimum atomic E-state index is -5.37. The summed E-state index contributed by atoms with van der Waals surface area (Å²) in [4.78, 5) is 43.4. The Labute approximate surface area is 296 Å². The number of urea groups is 1.